The van der Waals surface area contributed by atoms with Gasteiger partial charge in [0.1, 0.15) is 0 Å². The lowest BCUT2D eigenvalue weighted by Crippen LogP contribution is -2.22. The number of nitrogens with zero attached hydrogens (tertiary/aromatic N) is 1. The van der Waals surface area contributed by atoms with Crippen LogP contribution in [0, 0.1) is 0 Å². The van der Waals surface area contributed by atoms with E-state index in [2.05, 4.69) is 5.32 Å². The average molecular weight is 614 g/mol. The van der Waals surface area contributed by atoms with E-state index in [4.69, 9.17) is 0 Å². The molecule has 0 atom stereocenters. The number of alkyl halides is 12. The van der Waals surface area contributed by atoms with Crippen LogP contribution in [0.4, 0.5) is 52.7 Å². The van der Waals surface area contributed by atoms with Crippen molar-refractivity contribution in [2.45, 2.75) is 44.7 Å². The molecular formula is C28H22F12N2. The lowest BCUT2D eigenvalue weighted by atomic mass is 10.0. The number of hydrogen-bond acceptors (Lipinski definition) is 2. The van der Waals surface area contributed by atoms with Gasteiger partial charge in [-0.25, -0.2) is 0 Å². The monoisotopic (exact) mass is 614 g/mol. The van der Waals surface area contributed by atoms with Gasteiger partial charge in [-0.15, -0.1) is 0 Å². The fourth-order valence-electron chi connectivity index (χ4n) is 4.08. The Morgan fingerprint density at radius 2 is 1.29 bits per heavy atom. The van der Waals surface area contributed by atoms with Crippen LogP contribution in [0.1, 0.15) is 40.3 Å². The van der Waals surface area contributed by atoms with Crippen molar-refractivity contribution in [2.75, 3.05) is 6.54 Å². The normalized spacial score (nSPS) is 15.4. The van der Waals surface area contributed by atoms with E-state index in [0.29, 0.717) is 23.3 Å². The maximum absolute atomic E-state index is 13.4. The van der Waals surface area contributed by atoms with Gasteiger partial charge in [0.25, 0.3) is 0 Å². The number of nitrogens with one attached hydrogen (secondary N) is 1. The van der Waals surface area contributed by atoms with Gasteiger partial charge >= 0.3 is 24.7 Å². The molecule has 0 amide bonds. The summed E-state index contributed by atoms with van der Waals surface area (Å²) in [6, 6.07) is 2.78. The third kappa shape index (κ3) is 8.35. The van der Waals surface area contributed by atoms with E-state index in [1.807, 2.05) is 0 Å². The second kappa shape index (κ2) is 12.2. The first kappa shape index (κ1) is 32.7. The topological polar surface area (TPSA) is 15.3 Å². The van der Waals surface area contributed by atoms with Crippen molar-refractivity contribution in [1.82, 2.24) is 10.2 Å². The lowest BCUT2D eigenvalue weighted by molar-refractivity contribution is -0.145. The Hall–Kier alpha value is -3.84. The Kier molecular flexibility index (Phi) is 9.47. The molecule has 1 aliphatic heterocycles. The van der Waals surface area contributed by atoms with E-state index < -0.39 is 59.1 Å². The summed E-state index contributed by atoms with van der Waals surface area (Å²) in [5, 5.41) is 2.60. The standard InChI is InChI=1S/C28H22F12N2/c1-2-17(7-10-41-15-19-3-5-21(25(29,30)31)13-23(19)27(35,36)37)18-8-11-42(12-9-18)16-20-4-6-22(26(32,33)34)14-24(20)28(38,39)40/h2-11,13-14,41H,12,15-16H2,1H3/b10-7-,17-2+. The van der Waals surface area contributed by atoms with Gasteiger partial charge in [0.05, 0.1) is 22.3 Å². The highest BCUT2D eigenvalue weighted by Crippen LogP contribution is 2.39. The van der Waals surface area contributed by atoms with E-state index in [0.717, 1.165) is 12.1 Å². The molecule has 3 rings (SSSR count). The van der Waals surface area contributed by atoms with Gasteiger partial charge in [-0.3, -0.25) is 0 Å². The minimum Gasteiger partial charge on any atom is -0.387 e. The van der Waals surface area contributed by atoms with Crippen LogP contribution >= 0.6 is 0 Å². The first-order chi connectivity index (χ1) is 19.3. The molecular weight excluding hydrogens is 592 g/mol. The lowest BCUT2D eigenvalue weighted by Gasteiger charge is -2.25. The van der Waals surface area contributed by atoms with E-state index >= 15 is 0 Å². The Bertz CT molecular complexity index is 1390. The van der Waals surface area contributed by atoms with Crippen LogP contribution in [-0.2, 0) is 37.8 Å². The summed E-state index contributed by atoms with van der Waals surface area (Å²) in [6.45, 7) is 0.988. The molecule has 0 aromatic heterocycles. The number of rotatable bonds is 7. The largest absolute Gasteiger partial charge is 0.416 e. The van der Waals surface area contributed by atoms with Gasteiger partial charge in [-0.05, 0) is 71.8 Å². The second-order valence-electron chi connectivity index (χ2n) is 9.10. The van der Waals surface area contributed by atoms with Gasteiger partial charge in [0, 0.05) is 25.8 Å². The molecule has 0 aliphatic carbocycles. The zero-order chi connectivity index (χ0) is 31.5. The third-order valence-electron chi connectivity index (χ3n) is 6.19. The van der Waals surface area contributed by atoms with Gasteiger partial charge in [0.15, 0.2) is 0 Å². The zero-order valence-electron chi connectivity index (χ0n) is 21.5. The van der Waals surface area contributed by atoms with Crippen LogP contribution in [-0.4, -0.2) is 11.4 Å². The molecule has 0 saturated heterocycles. The fourth-order valence-corrected chi connectivity index (χ4v) is 4.08. The Labute approximate surface area is 232 Å². The minimum absolute atomic E-state index is 0.0455. The molecule has 0 fully saturated rings. The summed E-state index contributed by atoms with van der Waals surface area (Å²) in [5.41, 5.74) is -5.27. The van der Waals surface area contributed by atoms with Crippen LogP contribution in [0.15, 0.2) is 84.2 Å². The van der Waals surface area contributed by atoms with Crippen molar-refractivity contribution < 1.29 is 52.7 Å². The predicted molar refractivity (Wildman–Crippen MR) is 130 cm³/mol. The minimum atomic E-state index is -5.01. The van der Waals surface area contributed by atoms with Crippen LogP contribution in [0.3, 0.4) is 0 Å². The van der Waals surface area contributed by atoms with E-state index in [-0.39, 0.29) is 30.8 Å². The summed E-state index contributed by atoms with van der Waals surface area (Å²) in [5.74, 6) is 0. The van der Waals surface area contributed by atoms with Crippen LogP contribution in [0.25, 0.3) is 0 Å². The van der Waals surface area contributed by atoms with Crippen LogP contribution in [0.2, 0.25) is 0 Å². The number of allylic oxidation sites excluding steroid dienone is 5. The van der Waals surface area contributed by atoms with Gasteiger partial charge in [-0.2, -0.15) is 52.7 Å². The number of hydrogen-bond donors (Lipinski definition) is 1. The second-order valence-corrected chi connectivity index (χ2v) is 9.10. The molecule has 0 unspecified atom stereocenters. The zero-order valence-corrected chi connectivity index (χ0v) is 21.5. The third-order valence-corrected chi connectivity index (χ3v) is 6.19. The molecule has 0 saturated carbocycles. The van der Waals surface area contributed by atoms with Crippen molar-refractivity contribution in [3.05, 3.63) is 118 Å². The molecule has 42 heavy (non-hydrogen) atoms. The van der Waals surface area contributed by atoms with Gasteiger partial charge in [-0.1, -0.05) is 24.3 Å². The maximum Gasteiger partial charge on any atom is 0.416 e. The van der Waals surface area contributed by atoms with Crippen LogP contribution < -0.4 is 5.32 Å². The predicted octanol–water partition coefficient (Wildman–Crippen LogP) is 9.27. The molecule has 14 heteroatoms. The molecule has 0 bridgehead atoms. The van der Waals surface area contributed by atoms with Gasteiger partial charge < -0.3 is 10.2 Å². The summed E-state index contributed by atoms with van der Waals surface area (Å²) in [7, 11) is 0. The van der Waals surface area contributed by atoms with E-state index in [1.165, 1.54) is 29.5 Å². The Balaban J connectivity index is 1.67. The molecule has 0 radical (unpaired) electrons. The first-order valence-electron chi connectivity index (χ1n) is 12.0. The molecule has 228 valence electrons. The Morgan fingerprint density at radius 3 is 1.74 bits per heavy atom. The van der Waals surface area contributed by atoms with Crippen molar-refractivity contribution in [1.29, 1.82) is 0 Å². The molecule has 2 nitrogen and oxygen atoms in total. The summed E-state index contributed by atoms with van der Waals surface area (Å²) in [6.07, 6.45) is -10.8. The molecule has 2 aromatic carbocycles. The highest BCUT2D eigenvalue weighted by atomic mass is 19.4. The van der Waals surface area contributed by atoms with Crippen molar-refractivity contribution >= 4 is 0 Å². The summed E-state index contributed by atoms with van der Waals surface area (Å²) in [4.78, 5) is 1.44. The highest BCUT2D eigenvalue weighted by Gasteiger charge is 2.39. The quantitative estimate of drug-likeness (QED) is 0.247. The maximum atomic E-state index is 13.4. The fraction of sp³-hybridized carbons (Fsp3) is 0.286. The van der Waals surface area contributed by atoms with E-state index in [9.17, 15) is 52.7 Å². The SMILES string of the molecule is C/C=C(\C=C/NCc1ccc(C(F)(F)F)cc1C(F)(F)F)C1=CCN(Cc2ccc(C(F)(F)F)cc2C(F)(F)F)C=C1. The molecule has 2 aromatic rings. The molecule has 1 N–H and O–H groups in total. The molecule has 0 spiro atoms. The number of halogens is 12. The van der Waals surface area contributed by atoms with E-state index in [1.54, 1.807) is 19.1 Å². The summed E-state index contributed by atoms with van der Waals surface area (Å²) < 4.78 is 158. The molecule has 1 aliphatic rings. The smallest absolute Gasteiger partial charge is 0.387 e. The van der Waals surface area contributed by atoms with Crippen LogP contribution in [0.5, 0.6) is 0 Å². The Morgan fingerprint density at radius 1 is 0.762 bits per heavy atom. The molecule has 1 heterocycles. The van der Waals surface area contributed by atoms with Gasteiger partial charge in [0.2, 0.25) is 0 Å². The first-order valence-corrected chi connectivity index (χ1v) is 12.0. The van der Waals surface area contributed by atoms with Crippen molar-refractivity contribution in [3.63, 3.8) is 0 Å². The number of benzene rings is 2. The average Bonchev–Trinajstić information content (AvgIpc) is 2.87. The highest BCUT2D eigenvalue weighted by molar-refractivity contribution is 5.47. The summed E-state index contributed by atoms with van der Waals surface area (Å²) >= 11 is 0. The van der Waals surface area contributed by atoms with Crippen molar-refractivity contribution in [2.24, 2.45) is 0 Å². The van der Waals surface area contributed by atoms with Crippen molar-refractivity contribution in [3.8, 4) is 0 Å².